The number of thiazole rings is 1. The number of aromatic nitrogens is 1. The van der Waals surface area contributed by atoms with E-state index in [-0.39, 0.29) is 12.3 Å². The van der Waals surface area contributed by atoms with Crippen LogP contribution in [0, 0.1) is 0 Å². The van der Waals surface area contributed by atoms with Gasteiger partial charge in [-0.2, -0.15) is 4.99 Å². The van der Waals surface area contributed by atoms with Crippen molar-refractivity contribution in [2.45, 2.75) is 19.8 Å². The Balaban J connectivity index is 1.94. The summed E-state index contributed by atoms with van der Waals surface area (Å²) in [6, 6.07) is 13.8. The van der Waals surface area contributed by atoms with Gasteiger partial charge in [-0.05, 0) is 35.7 Å². The highest BCUT2D eigenvalue weighted by molar-refractivity contribution is 7.16. The van der Waals surface area contributed by atoms with E-state index >= 15 is 0 Å². The molecule has 0 aliphatic heterocycles. The number of para-hydroxylation sites is 1. The van der Waals surface area contributed by atoms with Gasteiger partial charge in [0.15, 0.2) is 4.80 Å². The van der Waals surface area contributed by atoms with Crippen LogP contribution in [0.5, 0.6) is 5.75 Å². The molecule has 0 saturated heterocycles. The van der Waals surface area contributed by atoms with Gasteiger partial charge in [-0.15, -0.1) is 0 Å². The van der Waals surface area contributed by atoms with Gasteiger partial charge in [0.1, 0.15) is 5.75 Å². The third-order valence-corrected chi connectivity index (χ3v) is 5.09. The summed E-state index contributed by atoms with van der Waals surface area (Å²) in [5, 5.41) is 0. The van der Waals surface area contributed by atoms with Crippen LogP contribution in [-0.2, 0) is 24.7 Å². The molecule has 0 N–H and O–H groups in total. The highest BCUT2D eigenvalue weighted by atomic mass is 32.1. The van der Waals surface area contributed by atoms with Crippen molar-refractivity contribution in [1.82, 2.24) is 4.57 Å². The van der Waals surface area contributed by atoms with Crippen LogP contribution in [-0.4, -0.2) is 17.6 Å². The van der Waals surface area contributed by atoms with Crippen molar-refractivity contribution < 1.29 is 9.53 Å². The maximum atomic E-state index is 12.4. The average Bonchev–Trinajstić information content (AvgIpc) is 2.91. The fourth-order valence-electron chi connectivity index (χ4n) is 2.78. The maximum absolute atomic E-state index is 12.4. The molecule has 0 bridgehead atoms. The van der Waals surface area contributed by atoms with E-state index in [1.165, 1.54) is 5.56 Å². The normalized spacial score (nSPS) is 11.9. The van der Waals surface area contributed by atoms with Crippen LogP contribution in [0.2, 0.25) is 0 Å². The molecule has 5 heteroatoms. The third kappa shape index (κ3) is 3.26. The Kier molecular flexibility index (Phi) is 4.81. The van der Waals surface area contributed by atoms with E-state index in [4.69, 9.17) is 4.74 Å². The quantitative estimate of drug-likeness (QED) is 0.730. The number of rotatable bonds is 4. The van der Waals surface area contributed by atoms with E-state index in [2.05, 4.69) is 30.1 Å². The monoisotopic (exact) mass is 340 g/mol. The number of hydrogen-bond acceptors (Lipinski definition) is 3. The van der Waals surface area contributed by atoms with Gasteiger partial charge in [-0.3, -0.25) is 4.79 Å². The van der Waals surface area contributed by atoms with Crippen molar-refractivity contribution >= 4 is 27.5 Å². The van der Waals surface area contributed by atoms with Gasteiger partial charge in [-0.1, -0.05) is 42.5 Å². The Labute approximate surface area is 145 Å². The highest BCUT2D eigenvalue weighted by Crippen LogP contribution is 2.21. The zero-order valence-electron chi connectivity index (χ0n) is 14.1. The molecule has 3 aromatic rings. The lowest BCUT2D eigenvalue weighted by Crippen LogP contribution is -2.14. The van der Waals surface area contributed by atoms with E-state index in [1.54, 1.807) is 18.4 Å². The van der Waals surface area contributed by atoms with Crippen LogP contribution in [0.25, 0.3) is 10.2 Å². The number of aryl methyl sites for hydroxylation is 2. The van der Waals surface area contributed by atoms with Crippen molar-refractivity contribution in [2.24, 2.45) is 12.0 Å². The Morgan fingerprint density at radius 1 is 1.25 bits per heavy atom. The molecule has 0 aliphatic carbocycles. The second kappa shape index (κ2) is 7.01. The predicted molar refractivity (Wildman–Crippen MR) is 97.4 cm³/mol. The molecule has 24 heavy (non-hydrogen) atoms. The number of benzene rings is 2. The standard InChI is InChI=1S/C19H20N2O2S/c1-4-14-8-6-10-16-18(14)21(2)19(24-16)20-17(22)12-13-7-5-9-15(11-13)23-3/h5-11H,4,12H2,1-3H3. The summed E-state index contributed by atoms with van der Waals surface area (Å²) in [6.45, 7) is 2.14. The van der Waals surface area contributed by atoms with Crippen LogP contribution < -0.4 is 9.54 Å². The lowest BCUT2D eigenvalue weighted by molar-refractivity contribution is -0.117. The first-order valence-corrected chi connectivity index (χ1v) is 8.72. The van der Waals surface area contributed by atoms with Crippen LogP contribution >= 0.6 is 11.3 Å². The van der Waals surface area contributed by atoms with E-state index in [9.17, 15) is 4.79 Å². The molecule has 0 unspecified atom stereocenters. The molecule has 0 radical (unpaired) electrons. The Morgan fingerprint density at radius 2 is 2.04 bits per heavy atom. The molecule has 0 fully saturated rings. The lowest BCUT2D eigenvalue weighted by Gasteiger charge is -2.02. The maximum Gasteiger partial charge on any atom is 0.252 e. The Hall–Kier alpha value is -2.40. The second-order valence-corrected chi connectivity index (χ2v) is 6.60. The summed E-state index contributed by atoms with van der Waals surface area (Å²) >= 11 is 1.55. The van der Waals surface area contributed by atoms with E-state index < -0.39 is 0 Å². The molecule has 0 spiro atoms. The fraction of sp³-hybridized carbons (Fsp3) is 0.263. The topological polar surface area (TPSA) is 43.6 Å². The molecule has 4 nitrogen and oxygen atoms in total. The molecule has 1 amide bonds. The number of ether oxygens (including phenoxy) is 1. The van der Waals surface area contributed by atoms with Crippen molar-refractivity contribution in [3.8, 4) is 5.75 Å². The predicted octanol–water partition coefficient (Wildman–Crippen LogP) is 3.48. The molecule has 124 valence electrons. The number of nitrogens with zero attached hydrogens (tertiary/aromatic N) is 2. The smallest absolute Gasteiger partial charge is 0.252 e. The minimum absolute atomic E-state index is 0.150. The van der Waals surface area contributed by atoms with Gasteiger partial charge >= 0.3 is 0 Å². The Bertz CT molecular complexity index is 953. The lowest BCUT2D eigenvalue weighted by atomic mass is 10.1. The average molecular weight is 340 g/mol. The van der Waals surface area contributed by atoms with Crippen molar-refractivity contribution in [2.75, 3.05) is 7.11 Å². The van der Waals surface area contributed by atoms with Gasteiger partial charge in [0.05, 0.1) is 23.7 Å². The number of fused-ring (bicyclic) bond motifs is 1. The molecular weight excluding hydrogens is 320 g/mol. The fourth-order valence-corrected chi connectivity index (χ4v) is 3.86. The second-order valence-electron chi connectivity index (χ2n) is 5.59. The first-order valence-electron chi connectivity index (χ1n) is 7.90. The molecule has 0 saturated carbocycles. The van der Waals surface area contributed by atoms with Gasteiger partial charge in [0.2, 0.25) is 0 Å². The van der Waals surface area contributed by atoms with Crippen molar-refractivity contribution in [3.63, 3.8) is 0 Å². The molecule has 3 rings (SSSR count). The molecule has 2 aromatic carbocycles. The molecule has 0 aliphatic rings. The van der Waals surface area contributed by atoms with Crippen molar-refractivity contribution in [3.05, 3.63) is 58.4 Å². The van der Waals surface area contributed by atoms with E-state index in [1.807, 2.05) is 35.9 Å². The van der Waals surface area contributed by atoms with E-state index in [0.29, 0.717) is 0 Å². The number of carbonyl (C=O) groups excluding carboxylic acids is 1. The number of carbonyl (C=O) groups is 1. The first kappa shape index (κ1) is 16.5. The molecule has 1 heterocycles. The zero-order valence-corrected chi connectivity index (χ0v) is 14.9. The summed E-state index contributed by atoms with van der Waals surface area (Å²) in [6.07, 6.45) is 1.23. The largest absolute Gasteiger partial charge is 0.497 e. The summed E-state index contributed by atoms with van der Waals surface area (Å²) in [5.41, 5.74) is 3.34. The van der Waals surface area contributed by atoms with Crippen LogP contribution in [0.1, 0.15) is 18.1 Å². The Morgan fingerprint density at radius 3 is 2.79 bits per heavy atom. The molecule has 0 atom stereocenters. The molecular formula is C19H20N2O2S. The third-order valence-electron chi connectivity index (χ3n) is 4.00. The van der Waals surface area contributed by atoms with E-state index in [0.717, 1.165) is 32.8 Å². The highest BCUT2D eigenvalue weighted by Gasteiger charge is 2.09. The zero-order chi connectivity index (χ0) is 17.1. The van der Waals surface area contributed by atoms with Crippen LogP contribution in [0.4, 0.5) is 0 Å². The van der Waals surface area contributed by atoms with Crippen LogP contribution in [0.15, 0.2) is 47.5 Å². The minimum atomic E-state index is -0.150. The van der Waals surface area contributed by atoms with Gasteiger partial charge in [0, 0.05) is 7.05 Å². The summed E-state index contributed by atoms with van der Waals surface area (Å²) < 4.78 is 8.37. The van der Waals surface area contributed by atoms with Gasteiger partial charge in [-0.25, -0.2) is 0 Å². The molecule has 1 aromatic heterocycles. The SMILES string of the molecule is CCc1cccc2sc(=NC(=O)Cc3cccc(OC)c3)n(C)c12. The van der Waals surface area contributed by atoms with Crippen LogP contribution in [0.3, 0.4) is 0 Å². The van der Waals surface area contributed by atoms with Gasteiger partial charge in [0.25, 0.3) is 5.91 Å². The number of methoxy groups -OCH3 is 1. The minimum Gasteiger partial charge on any atom is -0.497 e. The number of amides is 1. The first-order chi connectivity index (χ1) is 11.6. The summed E-state index contributed by atoms with van der Waals surface area (Å²) in [4.78, 5) is 17.4. The van der Waals surface area contributed by atoms with Crippen molar-refractivity contribution in [1.29, 1.82) is 0 Å². The summed E-state index contributed by atoms with van der Waals surface area (Å²) in [5.74, 6) is 0.601. The number of hydrogen-bond donors (Lipinski definition) is 0. The summed E-state index contributed by atoms with van der Waals surface area (Å²) in [7, 11) is 3.59. The van der Waals surface area contributed by atoms with Gasteiger partial charge < -0.3 is 9.30 Å².